The first kappa shape index (κ1) is 13.3. The molecule has 3 aromatic rings. The van der Waals surface area contributed by atoms with Gasteiger partial charge in [0.05, 0.1) is 5.69 Å². The second kappa shape index (κ2) is 5.39. The van der Waals surface area contributed by atoms with Crippen molar-refractivity contribution in [3.8, 4) is 27.6 Å². The molecule has 0 saturated heterocycles. The van der Waals surface area contributed by atoms with Crippen LogP contribution in [0.5, 0.6) is 0 Å². The number of nitrogen functional groups attached to an aromatic ring is 1. The van der Waals surface area contributed by atoms with Crippen LogP contribution in [0.25, 0.3) is 21.6 Å². The van der Waals surface area contributed by atoms with E-state index in [0.29, 0.717) is 10.6 Å². The molecule has 0 unspecified atom stereocenters. The van der Waals surface area contributed by atoms with E-state index < -0.39 is 0 Å². The molecule has 0 spiro atoms. The van der Waals surface area contributed by atoms with Crippen LogP contribution in [0.4, 0.5) is 5.69 Å². The van der Waals surface area contributed by atoms with Gasteiger partial charge in [-0.3, -0.25) is 4.98 Å². The summed E-state index contributed by atoms with van der Waals surface area (Å²) in [7, 11) is 0. The Morgan fingerprint density at radius 1 is 1.14 bits per heavy atom. The molecule has 0 atom stereocenters. The van der Waals surface area contributed by atoms with E-state index >= 15 is 0 Å². The Morgan fingerprint density at radius 2 is 1.90 bits per heavy atom. The number of nitriles is 1. The van der Waals surface area contributed by atoms with Crippen LogP contribution in [0, 0.1) is 18.3 Å². The molecular formula is C17H13N3S. The van der Waals surface area contributed by atoms with Gasteiger partial charge < -0.3 is 5.73 Å². The van der Waals surface area contributed by atoms with Gasteiger partial charge in [-0.2, -0.15) is 5.26 Å². The molecule has 2 N–H and O–H groups in total. The normalized spacial score (nSPS) is 10.3. The quantitative estimate of drug-likeness (QED) is 0.768. The highest BCUT2D eigenvalue weighted by atomic mass is 32.1. The summed E-state index contributed by atoms with van der Waals surface area (Å²) >= 11 is 1.43. The van der Waals surface area contributed by atoms with Gasteiger partial charge in [-0.25, -0.2) is 0 Å². The summed E-state index contributed by atoms with van der Waals surface area (Å²) in [6.45, 7) is 2.05. The van der Waals surface area contributed by atoms with Crippen molar-refractivity contribution in [2.24, 2.45) is 0 Å². The van der Waals surface area contributed by atoms with Gasteiger partial charge in [0.2, 0.25) is 0 Å². The lowest BCUT2D eigenvalue weighted by Crippen LogP contribution is -1.90. The highest BCUT2D eigenvalue weighted by Crippen LogP contribution is 2.44. The van der Waals surface area contributed by atoms with E-state index in [4.69, 9.17) is 5.73 Å². The van der Waals surface area contributed by atoms with Crippen molar-refractivity contribution >= 4 is 17.0 Å². The van der Waals surface area contributed by atoms with Gasteiger partial charge in [-0.1, -0.05) is 35.9 Å². The van der Waals surface area contributed by atoms with E-state index in [0.717, 1.165) is 21.6 Å². The monoisotopic (exact) mass is 291 g/mol. The first-order valence-electron chi connectivity index (χ1n) is 6.50. The van der Waals surface area contributed by atoms with Crippen molar-refractivity contribution in [1.29, 1.82) is 5.26 Å². The summed E-state index contributed by atoms with van der Waals surface area (Å²) in [6.07, 6.45) is 3.50. The highest BCUT2D eigenvalue weighted by Gasteiger charge is 2.18. The molecule has 0 saturated carbocycles. The third-order valence-electron chi connectivity index (χ3n) is 3.31. The molecule has 2 aromatic heterocycles. The minimum absolute atomic E-state index is 0.533. The molecule has 3 rings (SSSR count). The zero-order valence-electron chi connectivity index (χ0n) is 11.5. The lowest BCUT2D eigenvalue weighted by Gasteiger charge is -2.06. The minimum atomic E-state index is 0.533. The van der Waals surface area contributed by atoms with Gasteiger partial charge in [0.1, 0.15) is 10.9 Å². The van der Waals surface area contributed by atoms with E-state index in [1.54, 1.807) is 12.4 Å². The van der Waals surface area contributed by atoms with Crippen molar-refractivity contribution < 1.29 is 0 Å². The van der Waals surface area contributed by atoms with Crippen molar-refractivity contribution in [2.75, 3.05) is 5.73 Å². The standard InChI is InChI=1S/C17H13N3S/c1-11-4-6-12(7-5-11)17-15(13-3-2-8-20-10-13)16(19)14(9-18)21-17/h2-8,10H,19H2,1H3. The van der Waals surface area contributed by atoms with E-state index in [9.17, 15) is 5.26 Å². The first-order valence-corrected chi connectivity index (χ1v) is 7.32. The zero-order chi connectivity index (χ0) is 14.8. The van der Waals surface area contributed by atoms with Gasteiger partial charge in [-0.15, -0.1) is 11.3 Å². The van der Waals surface area contributed by atoms with Crippen molar-refractivity contribution in [3.05, 3.63) is 59.2 Å². The number of thiophene rings is 1. The zero-order valence-corrected chi connectivity index (χ0v) is 12.3. The van der Waals surface area contributed by atoms with Crippen LogP contribution in [0.15, 0.2) is 48.8 Å². The highest BCUT2D eigenvalue weighted by molar-refractivity contribution is 7.17. The Hall–Kier alpha value is -2.64. The minimum Gasteiger partial charge on any atom is -0.396 e. The molecule has 1 aromatic carbocycles. The van der Waals surface area contributed by atoms with Crippen LogP contribution in [0.2, 0.25) is 0 Å². The van der Waals surface area contributed by atoms with Gasteiger partial charge in [0.15, 0.2) is 0 Å². The summed E-state index contributed by atoms with van der Waals surface area (Å²) in [6, 6.07) is 14.2. The Bertz CT molecular complexity index is 812. The summed E-state index contributed by atoms with van der Waals surface area (Å²) in [5, 5.41) is 9.26. The number of nitrogens with two attached hydrogens (primary N) is 1. The van der Waals surface area contributed by atoms with Gasteiger partial charge in [-0.05, 0) is 18.6 Å². The Balaban J connectivity index is 2.26. The molecule has 4 heteroatoms. The molecule has 0 aliphatic rings. The summed E-state index contributed by atoms with van der Waals surface area (Å²) in [5.41, 5.74) is 10.8. The molecule has 0 aliphatic carbocycles. The molecule has 3 nitrogen and oxygen atoms in total. The first-order chi connectivity index (χ1) is 10.2. The third kappa shape index (κ3) is 2.39. The molecule has 0 amide bonds. The molecule has 0 radical (unpaired) electrons. The van der Waals surface area contributed by atoms with Gasteiger partial charge >= 0.3 is 0 Å². The predicted octanol–water partition coefficient (Wildman–Crippen LogP) is 4.24. The lowest BCUT2D eigenvalue weighted by atomic mass is 10.0. The number of aryl methyl sites for hydroxylation is 1. The molecule has 21 heavy (non-hydrogen) atoms. The number of benzene rings is 1. The fraction of sp³-hybridized carbons (Fsp3) is 0.0588. The lowest BCUT2D eigenvalue weighted by molar-refractivity contribution is 1.33. The maximum Gasteiger partial charge on any atom is 0.129 e. The predicted molar refractivity (Wildman–Crippen MR) is 86.9 cm³/mol. The molecule has 0 fully saturated rings. The number of pyridine rings is 1. The fourth-order valence-corrected chi connectivity index (χ4v) is 3.28. The molecule has 102 valence electrons. The van der Waals surface area contributed by atoms with Gasteiger partial charge in [0, 0.05) is 28.4 Å². The van der Waals surface area contributed by atoms with Crippen molar-refractivity contribution in [2.45, 2.75) is 6.92 Å². The molecule has 2 heterocycles. The number of anilines is 1. The largest absolute Gasteiger partial charge is 0.396 e. The van der Waals surface area contributed by atoms with E-state index in [1.165, 1.54) is 16.9 Å². The van der Waals surface area contributed by atoms with Crippen LogP contribution in [-0.4, -0.2) is 4.98 Å². The summed E-state index contributed by atoms with van der Waals surface area (Å²) in [5.74, 6) is 0. The smallest absolute Gasteiger partial charge is 0.129 e. The summed E-state index contributed by atoms with van der Waals surface area (Å²) < 4.78 is 0. The van der Waals surface area contributed by atoms with Crippen molar-refractivity contribution in [1.82, 2.24) is 4.98 Å². The molecular weight excluding hydrogens is 278 g/mol. The number of aromatic nitrogens is 1. The van der Waals surface area contributed by atoms with Crippen LogP contribution in [0.3, 0.4) is 0 Å². The Kier molecular flexibility index (Phi) is 3.43. The average Bonchev–Trinajstić information content (AvgIpc) is 2.85. The van der Waals surface area contributed by atoms with Gasteiger partial charge in [0.25, 0.3) is 0 Å². The summed E-state index contributed by atoms with van der Waals surface area (Å²) in [4.78, 5) is 5.71. The van der Waals surface area contributed by atoms with Crippen LogP contribution >= 0.6 is 11.3 Å². The third-order valence-corrected chi connectivity index (χ3v) is 4.47. The van der Waals surface area contributed by atoms with E-state index in [-0.39, 0.29) is 0 Å². The van der Waals surface area contributed by atoms with Crippen molar-refractivity contribution in [3.63, 3.8) is 0 Å². The second-order valence-corrected chi connectivity index (χ2v) is 5.79. The Morgan fingerprint density at radius 3 is 2.52 bits per heavy atom. The number of hydrogen-bond donors (Lipinski definition) is 1. The Labute approximate surface area is 127 Å². The second-order valence-electron chi connectivity index (χ2n) is 4.77. The number of nitrogens with zero attached hydrogens (tertiary/aromatic N) is 2. The van der Waals surface area contributed by atoms with Crippen LogP contribution in [0.1, 0.15) is 10.4 Å². The van der Waals surface area contributed by atoms with E-state index in [2.05, 4.69) is 42.2 Å². The number of hydrogen-bond acceptors (Lipinski definition) is 4. The number of rotatable bonds is 2. The maximum atomic E-state index is 9.26. The molecule has 0 bridgehead atoms. The maximum absolute atomic E-state index is 9.26. The average molecular weight is 291 g/mol. The van der Waals surface area contributed by atoms with E-state index in [1.807, 2.05) is 12.1 Å². The van der Waals surface area contributed by atoms with Crippen LogP contribution in [-0.2, 0) is 0 Å². The topological polar surface area (TPSA) is 62.7 Å². The van der Waals surface area contributed by atoms with Crippen LogP contribution < -0.4 is 5.73 Å². The fourth-order valence-electron chi connectivity index (χ4n) is 2.23. The molecule has 0 aliphatic heterocycles. The SMILES string of the molecule is Cc1ccc(-c2sc(C#N)c(N)c2-c2cccnc2)cc1.